The molecule has 0 aromatic rings. The van der Waals surface area contributed by atoms with Crippen LogP contribution in [0.15, 0.2) is 84.1 Å². The highest BCUT2D eigenvalue weighted by atomic mass is 14.1. The van der Waals surface area contributed by atoms with E-state index in [0.717, 1.165) is 12.0 Å². The lowest BCUT2D eigenvalue weighted by molar-refractivity contribution is 1.23. The quantitative estimate of drug-likeness (QED) is 0.572. The average molecular weight is 224 g/mol. The summed E-state index contributed by atoms with van der Waals surface area (Å²) in [6, 6.07) is 0. The second-order valence-corrected chi connectivity index (χ2v) is 4.01. The van der Waals surface area contributed by atoms with Crippen LogP contribution in [0.2, 0.25) is 0 Å². The van der Waals surface area contributed by atoms with Gasteiger partial charge in [0, 0.05) is 0 Å². The van der Waals surface area contributed by atoms with Crippen molar-refractivity contribution in [1.29, 1.82) is 0 Å². The molecule has 0 saturated carbocycles. The zero-order valence-corrected chi connectivity index (χ0v) is 10.7. The van der Waals surface area contributed by atoms with E-state index in [0.29, 0.717) is 0 Å². The molecular formula is C17H20. The maximum atomic E-state index is 3.84. The second kappa shape index (κ2) is 6.70. The van der Waals surface area contributed by atoms with Gasteiger partial charge in [-0.3, -0.25) is 0 Å². The van der Waals surface area contributed by atoms with E-state index in [4.69, 9.17) is 0 Å². The van der Waals surface area contributed by atoms with Crippen LogP contribution in [0.1, 0.15) is 20.3 Å². The van der Waals surface area contributed by atoms with Crippen molar-refractivity contribution in [3.63, 3.8) is 0 Å². The number of rotatable bonds is 5. The maximum Gasteiger partial charge on any atom is -0.00884 e. The van der Waals surface area contributed by atoms with E-state index < -0.39 is 0 Å². The Hall–Kier alpha value is -1.82. The molecule has 0 nitrogen and oxygen atoms in total. The van der Waals surface area contributed by atoms with E-state index >= 15 is 0 Å². The van der Waals surface area contributed by atoms with Gasteiger partial charge in [0.25, 0.3) is 0 Å². The van der Waals surface area contributed by atoms with Crippen molar-refractivity contribution in [2.75, 3.05) is 0 Å². The van der Waals surface area contributed by atoms with Crippen molar-refractivity contribution in [3.05, 3.63) is 84.1 Å². The van der Waals surface area contributed by atoms with Crippen LogP contribution in [0, 0.1) is 0 Å². The molecule has 1 aliphatic rings. The number of hydrogen-bond donors (Lipinski definition) is 0. The summed E-state index contributed by atoms with van der Waals surface area (Å²) < 4.78 is 0. The van der Waals surface area contributed by atoms with Crippen LogP contribution >= 0.6 is 0 Å². The zero-order valence-electron chi connectivity index (χ0n) is 10.7. The SMILES string of the molecule is C=CC(=C)\C=C/C=C(C)\C(=C/C)C1=CC=CC1. The third-order valence-electron chi connectivity index (χ3n) is 2.75. The molecular weight excluding hydrogens is 204 g/mol. The van der Waals surface area contributed by atoms with Crippen LogP contribution in [0.25, 0.3) is 0 Å². The molecule has 0 spiro atoms. The van der Waals surface area contributed by atoms with Gasteiger partial charge in [0.15, 0.2) is 0 Å². The first-order valence-corrected chi connectivity index (χ1v) is 5.88. The Labute approximate surface area is 105 Å². The molecule has 17 heavy (non-hydrogen) atoms. The van der Waals surface area contributed by atoms with E-state index in [9.17, 15) is 0 Å². The summed E-state index contributed by atoms with van der Waals surface area (Å²) in [5, 5.41) is 0. The van der Waals surface area contributed by atoms with E-state index in [1.165, 1.54) is 16.7 Å². The molecule has 0 atom stereocenters. The third-order valence-corrected chi connectivity index (χ3v) is 2.75. The van der Waals surface area contributed by atoms with Gasteiger partial charge >= 0.3 is 0 Å². The van der Waals surface area contributed by atoms with Crippen molar-refractivity contribution < 1.29 is 0 Å². The predicted molar refractivity (Wildman–Crippen MR) is 77.8 cm³/mol. The predicted octanol–water partition coefficient (Wildman–Crippen LogP) is 5.06. The summed E-state index contributed by atoms with van der Waals surface area (Å²) >= 11 is 0. The molecule has 0 heterocycles. The average Bonchev–Trinajstić information content (AvgIpc) is 2.83. The second-order valence-electron chi connectivity index (χ2n) is 4.01. The van der Waals surface area contributed by atoms with Gasteiger partial charge in [-0.1, -0.05) is 61.8 Å². The Bertz CT molecular complexity index is 448. The van der Waals surface area contributed by atoms with Crippen LogP contribution in [-0.4, -0.2) is 0 Å². The molecule has 0 saturated heterocycles. The molecule has 0 bridgehead atoms. The highest BCUT2D eigenvalue weighted by molar-refractivity contribution is 5.50. The fraction of sp³-hybridized carbons (Fsp3) is 0.176. The summed E-state index contributed by atoms with van der Waals surface area (Å²) in [6.07, 6.45) is 17.5. The highest BCUT2D eigenvalue weighted by Crippen LogP contribution is 2.25. The fourth-order valence-corrected chi connectivity index (χ4v) is 1.79. The van der Waals surface area contributed by atoms with Crippen LogP contribution in [-0.2, 0) is 0 Å². The standard InChI is InChI=1S/C17H20/c1-5-14(3)10-9-11-15(4)17(6-2)16-12-7-8-13-16/h5-12H,1,3,13H2,2,4H3/b10-9-,15-11-,17-6+. The molecule has 1 aliphatic carbocycles. The minimum absolute atomic E-state index is 0.929. The molecule has 0 aromatic heterocycles. The first-order valence-electron chi connectivity index (χ1n) is 5.88. The maximum absolute atomic E-state index is 3.84. The number of hydrogen-bond acceptors (Lipinski definition) is 0. The van der Waals surface area contributed by atoms with Gasteiger partial charge < -0.3 is 0 Å². The Kier molecular flexibility index (Phi) is 5.22. The molecule has 88 valence electrons. The molecule has 0 amide bonds. The van der Waals surface area contributed by atoms with Crippen LogP contribution in [0.4, 0.5) is 0 Å². The molecule has 0 heteroatoms. The molecule has 0 fully saturated rings. The fourth-order valence-electron chi connectivity index (χ4n) is 1.79. The lowest BCUT2D eigenvalue weighted by Crippen LogP contribution is -1.88. The van der Waals surface area contributed by atoms with Gasteiger partial charge in [-0.15, -0.1) is 0 Å². The molecule has 1 rings (SSSR count). The monoisotopic (exact) mass is 224 g/mol. The van der Waals surface area contributed by atoms with Crippen molar-refractivity contribution >= 4 is 0 Å². The largest absolute Gasteiger partial charge is 0.0985 e. The Morgan fingerprint density at radius 1 is 1.41 bits per heavy atom. The van der Waals surface area contributed by atoms with Crippen LogP contribution in [0.5, 0.6) is 0 Å². The van der Waals surface area contributed by atoms with Gasteiger partial charge in [-0.2, -0.15) is 0 Å². The Morgan fingerprint density at radius 3 is 2.71 bits per heavy atom. The van der Waals surface area contributed by atoms with E-state index in [1.807, 2.05) is 12.2 Å². The summed E-state index contributed by atoms with van der Waals surface area (Å²) in [7, 11) is 0. The zero-order chi connectivity index (χ0) is 12.7. The van der Waals surface area contributed by atoms with Crippen molar-refractivity contribution in [2.24, 2.45) is 0 Å². The first kappa shape index (κ1) is 13.2. The van der Waals surface area contributed by atoms with Gasteiger partial charge in [0.1, 0.15) is 0 Å². The van der Waals surface area contributed by atoms with Crippen LogP contribution < -0.4 is 0 Å². The lowest BCUT2D eigenvalue weighted by Gasteiger charge is -2.08. The van der Waals surface area contributed by atoms with E-state index in [2.05, 4.69) is 57.4 Å². The minimum atomic E-state index is 0.929. The first-order chi connectivity index (χ1) is 8.19. The summed E-state index contributed by atoms with van der Waals surface area (Å²) in [4.78, 5) is 0. The number of allylic oxidation sites excluding steroid dienone is 12. The molecule has 0 radical (unpaired) electrons. The molecule has 0 N–H and O–H groups in total. The molecule has 0 unspecified atom stereocenters. The molecule has 0 aromatic carbocycles. The van der Waals surface area contributed by atoms with Crippen molar-refractivity contribution in [3.8, 4) is 0 Å². The summed E-state index contributed by atoms with van der Waals surface area (Å²) in [5.41, 5.74) is 4.91. The Balaban J connectivity index is 2.77. The summed E-state index contributed by atoms with van der Waals surface area (Å²) in [5.74, 6) is 0. The van der Waals surface area contributed by atoms with E-state index in [1.54, 1.807) is 6.08 Å². The lowest BCUT2D eigenvalue weighted by atomic mass is 9.97. The van der Waals surface area contributed by atoms with Gasteiger partial charge in [0.2, 0.25) is 0 Å². The van der Waals surface area contributed by atoms with E-state index in [-0.39, 0.29) is 0 Å². The minimum Gasteiger partial charge on any atom is -0.0985 e. The topological polar surface area (TPSA) is 0 Å². The van der Waals surface area contributed by atoms with Gasteiger partial charge in [-0.05, 0) is 42.6 Å². The van der Waals surface area contributed by atoms with Gasteiger partial charge in [0.05, 0.1) is 0 Å². The summed E-state index contributed by atoms with van der Waals surface area (Å²) in [6.45, 7) is 11.7. The van der Waals surface area contributed by atoms with Crippen molar-refractivity contribution in [2.45, 2.75) is 20.3 Å². The normalized spacial score (nSPS) is 16.5. The molecule has 0 aliphatic heterocycles. The smallest absolute Gasteiger partial charge is 0.00884 e. The van der Waals surface area contributed by atoms with Crippen LogP contribution in [0.3, 0.4) is 0 Å². The Morgan fingerprint density at radius 2 is 2.18 bits per heavy atom. The third kappa shape index (κ3) is 3.92. The highest BCUT2D eigenvalue weighted by Gasteiger charge is 2.06. The van der Waals surface area contributed by atoms with Gasteiger partial charge in [-0.25, -0.2) is 0 Å². The van der Waals surface area contributed by atoms with Crippen molar-refractivity contribution in [1.82, 2.24) is 0 Å².